The first kappa shape index (κ1) is 22.0. The summed E-state index contributed by atoms with van der Waals surface area (Å²) in [5.41, 5.74) is 1.48. The van der Waals surface area contributed by atoms with Crippen LogP contribution in [0.1, 0.15) is 11.4 Å². The summed E-state index contributed by atoms with van der Waals surface area (Å²) in [6.45, 7) is 6.28. The number of aromatic nitrogens is 2. The zero-order valence-electron chi connectivity index (χ0n) is 17.8. The Morgan fingerprint density at radius 2 is 1.66 bits per heavy atom. The van der Waals surface area contributed by atoms with Gasteiger partial charge < -0.3 is 15.0 Å². The molecule has 1 aliphatic heterocycles. The van der Waals surface area contributed by atoms with Gasteiger partial charge in [0.15, 0.2) is 0 Å². The van der Waals surface area contributed by atoms with Crippen LogP contribution in [0.5, 0.6) is 0 Å². The smallest absolute Gasteiger partial charge is 0.262 e. The molecule has 0 bridgehead atoms. The molecule has 8 nitrogen and oxygen atoms in total. The van der Waals surface area contributed by atoms with Crippen molar-refractivity contribution < 1.29 is 17.5 Å². The van der Waals surface area contributed by atoms with E-state index in [4.69, 9.17) is 4.74 Å². The van der Waals surface area contributed by atoms with Gasteiger partial charge >= 0.3 is 0 Å². The number of benzene rings is 2. The van der Waals surface area contributed by atoms with Crippen LogP contribution < -0.4 is 14.9 Å². The maximum atomic E-state index is 13.3. The third-order valence-corrected chi connectivity index (χ3v) is 6.54. The van der Waals surface area contributed by atoms with Crippen LogP contribution in [-0.4, -0.2) is 44.7 Å². The van der Waals surface area contributed by atoms with Gasteiger partial charge in [-0.1, -0.05) is 0 Å². The molecule has 0 saturated carbocycles. The van der Waals surface area contributed by atoms with Gasteiger partial charge in [0.05, 0.1) is 18.1 Å². The maximum absolute atomic E-state index is 13.3. The number of hydrogen-bond acceptors (Lipinski definition) is 7. The molecule has 1 aromatic heterocycles. The van der Waals surface area contributed by atoms with Crippen molar-refractivity contribution >= 4 is 33.0 Å². The summed E-state index contributed by atoms with van der Waals surface area (Å²) in [4.78, 5) is 11.1. The summed E-state index contributed by atoms with van der Waals surface area (Å²) in [6.07, 6.45) is 0. The van der Waals surface area contributed by atoms with Crippen LogP contribution in [-0.2, 0) is 14.8 Å². The number of hydrogen-bond donors (Lipinski definition) is 2. The van der Waals surface area contributed by atoms with E-state index in [1.165, 1.54) is 12.1 Å². The normalized spacial score (nSPS) is 14.3. The van der Waals surface area contributed by atoms with Gasteiger partial charge in [0.2, 0.25) is 0 Å². The van der Waals surface area contributed by atoms with E-state index in [1.807, 2.05) is 13.0 Å². The number of sulfonamides is 1. The molecule has 3 aromatic rings. The van der Waals surface area contributed by atoms with E-state index in [0.29, 0.717) is 36.1 Å². The van der Waals surface area contributed by atoms with E-state index in [0.717, 1.165) is 30.7 Å². The van der Waals surface area contributed by atoms with E-state index >= 15 is 0 Å². The van der Waals surface area contributed by atoms with Crippen LogP contribution in [0.3, 0.4) is 0 Å². The highest BCUT2D eigenvalue weighted by Crippen LogP contribution is 2.24. The topological polar surface area (TPSA) is 96.5 Å². The summed E-state index contributed by atoms with van der Waals surface area (Å²) in [6, 6.07) is 12.3. The molecule has 2 heterocycles. The van der Waals surface area contributed by atoms with Gasteiger partial charge in [-0.3, -0.25) is 4.72 Å². The van der Waals surface area contributed by atoms with Crippen molar-refractivity contribution in [1.82, 2.24) is 9.97 Å². The maximum Gasteiger partial charge on any atom is 0.262 e. The number of rotatable bonds is 6. The van der Waals surface area contributed by atoms with E-state index in [1.54, 1.807) is 31.2 Å². The minimum atomic E-state index is -3.83. The summed E-state index contributed by atoms with van der Waals surface area (Å²) >= 11 is 0. The average Bonchev–Trinajstić information content (AvgIpc) is 2.75. The second-order valence-corrected chi connectivity index (χ2v) is 9.13. The van der Waals surface area contributed by atoms with Crippen molar-refractivity contribution in [2.24, 2.45) is 0 Å². The molecular weight excluding hydrogens is 433 g/mol. The summed E-state index contributed by atoms with van der Waals surface area (Å²) in [7, 11) is -3.83. The summed E-state index contributed by atoms with van der Waals surface area (Å²) in [5.74, 6) is 1.65. The Morgan fingerprint density at radius 1 is 0.969 bits per heavy atom. The molecule has 1 fully saturated rings. The first-order chi connectivity index (χ1) is 15.3. The highest BCUT2D eigenvalue weighted by atomic mass is 32.2. The zero-order chi connectivity index (χ0) is 22.7. The molecule has 1 aliphatic rings. The number of aryl methyl sites for hydroxylation is 2. The monoisotopic (exact) mass is 457 g/mol. The first-order valence-corrected chi connectivity index (χ1v) is 11.6. The number of anilines is 4. The van der Waals surface area contributed by atoms with E-state index in [9.17, 15) is 12.8 Å². The molecule has 32 heavy (non-hydrogen) atoms. The number of halogens is 1. The van der Waals surface area contributed by atoms with Crippen LogP contribution >= 0.6 is 0 Å². The lowest BCUT2D eigenvalue weighted by atomic mass is 10.2. The fourth-order valence-electron chi connectivity index (χ4n) is 3.46. The summed E-state index contributed by atoms with van der Waals surface area (Å²) in [5, 5.41) is 3.23. The van der Waals surface area contributed by atoms with Crippen molar-refractivity contribution in [1.29, 1.82) is 0 Å². The highest BCUT2D eigenvalue weighted by molar-refractivity contribution is 7.92. The number of ether oxygens (including phenoxy) is 1. The van der Waals surface area contributed by atoms with Gasteiger partial charge in [0.25, 0.3) is 10.0 Å². The SMILES string of the molecule is Cc1nc(Nc2ccc(NS(=O)(=O)c3ccc(F)cc3C)cc2)cc(N2CCOCC2)n1. The second kappa shape index (κ2) is 9.09. The molecule has 0 amide bonds. The Balaban J connectivity index is 1.48. The predicted octanol–water partition coefficient (Wildman–Crippen LogP) is 3.61. The molecule has 0 unspecified atom stereocenters. The van der Waals surface area contributed by atoms with Crippen LogP contribution in [0.15, 0.2) is 53.4 Å². The van der Waals surface area contributed by atoms with Crippen molar-refractivity contribution in [3.63, 3.8) is 0 Å². The van der Waals surface area contributed by atoms with Crippen molar-refractivity contribution in [3.05, 3.63) is 65.7 Å². The Bertz CT molecular complexity index is 1210. The first-order valence-electron chi connectivity index (χ1n) is 10.1. The van der Waals surface area contributed by atoms with E-state index in [-0.39, 0.29) is 4.90 Å². The van der Waals surface area contributed by atoms with Crippen LogP contribution in [0.2, 0.25) is 0 Å². The predicted molar refractivity (Wildman–Crippen MR) is 121 cm³/mol. The molecule has 0 aliphatic carbocycles. The van der Waals surface area contributed by atoms with Crippen LogP contribution in [0.25, 0.3) is 0 Å². The van der Waals surface area contributed by atoms with Gasteiger partial charge in [-0.15, -0.1) is 0 Å². The fraction of sp³-hybridized carbons (Fsp3) is 0.273. The van der Waals surface area contributed by atoms with Gasteiger partial charge in [0, 0.05) is 30.5 Å². The molecule has 4 rings (SSSR count). The molecule has 0 atom stereocenters. The molecule has 0 radical (unpaired) electrons. The van der Waals surface area contributed by atoms with Crippen molar-refractivity contribution in [2.75, 3.05) is 41.2 Å². The molecule has 1 saturated heterocycles. The highest BCUT2D eigenvalue weighted by Gasteiger charge is 2.18. The summed E-state index contributed by atoms with van der Waals surface area (Å²) < 4.78 is 46.5. The average molecular weight is 458 g/mol. The minimum Gasteiger partial charge on any atom is -0.378 e. The minimum absolute atomic E-state index is 0.0354. The van der Waals surface area contributed by atoms with Gasteiger partial charge in [-0.2, -0.15) is 0 Å². The fourth-order valence-corrected chi connectivity index (χ4v) is 4.75. The number of nitrogens with zero attached hydrogens (tertiary/aromatic N) is 3. The van der Waals surface area contributed by atoms with Gasteiger partial charge in [-0.25, -0.2) is 22.8 Å². The van der Waals surface area contributed by atoms with Crippen molar-refractivity contribution in [2.45, 2.75) is 18.7 Å². The largest absolute Gasteiger partial charge is 0.378 e. The molecule has 0 spiro atoms. The van der Waals surface area contributed by atoms with E-state index in [2.05, 4.69) is 24.9 Å². The Hall–Kier alpha value is -3.24. The van der Waals surface area contributed by atoms with Crippen LogP contribution in [0, 0.1) is 19.7 Å². The van der Waals surface area contributed by atoms with Crippen LogP contribution in [0.4, 0.5) is 27.4 Å². The third-order valence-electron chi connectivity index (χ3n) is 5.00. The lowest BCUT2D eigenvalue weighted by molar-refractivity contribution is 0.122. The quantitative estimate of drug-likeness (QED) is 0.584. The molecule has 2 N–H and O–H groups in total. The number of nitrogens with one attached hydrogen (secondary N) is 2. The lowest BCUT2D eigenvalue weighted by Crippen LogP contribution is -2.36. The third kappa shape index (κ3) is 5.14. The van der Waals surface area contributed by atoms with Gasteiger partial charge in [-0.05, 0) is 61.9 Å². The Morgan fingerprint density at radius 3 is 2.34 bits per heavy atom. The Kier molecular flexibility index (Phi) is 6.24. The van der Waals surface area contributed by atoms with E-state index < -0.39 is 15.8 Å². The molecule has 2 aromatic carbocycles. The molecular formula is C22H24FN5O3S. The lowest BCUT2D eigenvalue weighted by Gasteiger charge is -2.28. The van der Waals surface area contributed by atoms with Gasteiger partial charge in [0.1, 0.15) is 23.3 Å². The molecule has 10 heteroatoms. The second-order valence-electron chi connectivity index (χ2n) is 7.48. The standard InChI is InChI=1S/C22H24FN5O3S/c1-15-13-17(23)3-8-20(15)32(29,30)27-19-6-4-18(5-7-19)26-21-14-22(25-16(2)24-21)28-9-11-31-12-10-28/h3-8,13-14,27H,9-12H2,1-2H3,(H,24,25,26). The van der Waals surface area contributed by atoms with Crippen molar-refractivity contribution in [3.8, 4) is 0 Å². The Labute approximate surface area is 186 Å². The molecule has 168 valence electrons. The number of morpholine rings is 1. The zero-order valence-corrected chi connectivity index (χ0v) is 18.6.